The molecule has 2 aromatic rings. The van der Waals surface area contributed by atoms with Crippen LogP contribution in [0.5, 0.6) is 11.5 Å². The van der Waals surface area contributed by atoms with Gasteiger partial charge < -0.3 is 20.5 Å². The van der Waals surface area contributed by atoms with Gasteiger partial charge in [0.05, 0.1) is 19.9 Å². The minimum absolute atomic E-state index is 0.279. The van der Waals surface area contributed by atoms with Crippen LogP contribution in [0.2, 0.25) is 0 Å². The van der Waals surface area contributed by atoms with E-state index in [1.54, 1.807) is 36.4 Å². The van der Waals surface area contributed by atoms with E-state index in [9.17, 15) is 4.79 Å². The lowest BCUT2D eigenvalue weighted by Crippen LogP contribution is -2.13. The number of nitrogen functional groups attached to an aromatic ring is 1. The highest BCUT2D eigenvalue weighted by atomic mass is 79.9. The summed E-state index contributed by atoms with van der Waals surface area (Å²) in [5.74, 6) is 0.816. The summed E-state index contributed by atoms with van der Waals surface area (Å²) in [6, 6.07) is 10.2. The Balaban J connectivity index is 2.29. The zero-order valence-corrected chi connectivity index (χ0v) is 13.2. The summed E-state index contributed by atoms with van der Waals surface area (Å²) in [5.41, 5.74) is 7.32. The molecule has 2 rings (SSSR count). The number of nitrogens with two attached hydrogens (primary N) is 1. The van der Waals surface area contributed by atoms with Gasteiger partial charge >= 0.3 is 0 Å². The third-order valence-electron chi connectivity index (χ3n) is 2.85. The average Bonchev–Trinajstić information content (AvgIpc) is 2.50. The maximum atomic E-state index is 12.3. The van der Waals surface area contributed by atoms with Gasteiger partial charge in [-0.15, -0.1) is 0 Å². The van der Waals surface area contributed by atoms with E-state index in [1.165, 1.54) is 14.2 Å². The summed E-state index contributed by atoms with van der Waals surface area (Å²) in [6.07, 6.45) is 0. The molecule has 1 amide bonds. The third-order valence-corrected chi connectivity index (χ3v) is 3.54. The molecule has 6 heteroatoms. The fourth-order valence-electron chi connectivity index (χ4n) is 1.77. The Labute approximate surface area is 131 Å². The van der Waals surface area contributed by atoms with Crippen LogP contribution in [0.3, 0.4) is 0 Å². The van der Waals surface area contributed by atoms with Crippen LogP contribution in [0, 0.1) is 0 Å². The van der Waals surface area contributed by atoms with Crippen LogP contribution >= 0.6 is 15.9 Å². The number of halogens is 1. The molecule has 2 aromatic carbocycles. The zero-order chi connectivity index (χ0) is 15.4. The highest BCUT2D eigenvalue weighted by molar-refractivity contribution is 9.10. The molecule has 0 aromatic heterocycles. The summed E-state index contributed by atoms with van der Waals surface area (Å²) in [4.78, 5) is 12.3. The van der Waals surface area contributed by atoms with Crippen LogP contribution < -0.4 is 20.5 Å². The van der Waals surface area contributed by atoms with Gasteiger partial charge in [-0.3, -0.25) is 4.79 Å². The molecular weight excluding hydrogens is 336 g/mol. The molecule has 0 bridgehead atoms. The number of benzene rings is 2. The van der Waals surface area contributed by atoms with Crippen molar-refractivity contribution in [1.82, 2.24) is 0 Å². The average molecular weight is 351 g/mol. The van der Waals surface area contributed by atoms with Crippen molar-refractivity contribution < 1.29 is 14.3 Å². The summed E-state index contributed by atoms with van der Waals surface area (Å²) in [5, 5.41) is 2.79. The maximum Gasteiger partial charge on any atom is 0.255 e. The fourth-order valence-corrected chi connectivity index (χ4v) is 2.12. The van der Waals surface area contributed by atoms with Gasteiger partial charge in [-0.1, -0.05) is 0 Å². The summed E-state index contributed by atoms with van der Waals surface area (Å²) < 4.78 is 11.1. The predicted molar refractivity (Wildman–Crippen MR) is 86.1 cm³/mol. The first-order valence-electron chi connectivity index (χ1n) is 6.13. The van der Waals surface area contributed by atoms with E-state index < -0.39 is 0 Å². The largest absolute Gasteiger partial charge is 0.497 e. The molecule has 0 atom stereocenters. The van der Waals surface area contributed by atoms with E-state index in [-0.39, 0.29) is 5.91 Å². The number of methoxy groups -OCH3 is 2. The predicted octanol–water partition coefficient (Wildman–Crippen LogP) is 3.30. The summed E-state index contributed by atoms with van der Waals surface area (Å²) in [7, 11) is 3.07. The van der Waals surface area contributed by atoms with Crippen LogP contribution in [0.4, 0.5) is 11.4 Å². The Morgan fingerprint density at radius 3 is 2.29 bits per heavy atom. The monoisotopic (exact) mass is 350 g/mol. The van der Waals surface area contributed by atoms with Crippen molar-refractivity contribution in [2.45, 2.75) is 0 Å². The standard InChI is InChI=1S/C15H15BrN2O3/c1-20-11-5-9(6-12(8-11)21-2)15(19)18-14-7-10(17)3-4-13(14)16/h3-8H,17H2,1-2H3,(H,18,19). The minimum atomic E-state index is -0.279. The quantitative estimate of drug-likeness (QED) is 0.829. The maximum absolute atomic E-state index is 12.3. The number of ether oxygens (including phenoxy) is 2. The second-order valence-corrected chi connectivity index (χ2v) is 5.15. The molecule has 3 N–H and O–H groups in total. The lowest BCUT2D eigenvalue weighted by atomic mass is 10.1. The molecule has 5 nitrogen and oxygen atoms in total. The number of rotatable bonds is 4. The van der Waals surface area contributed by atoms with Crippen molar-refractivity contribution in [3.63, 3.8) is 0 Å². The molecule has 0 saturated carbocycles. The highest BCUT2D eigenvalue weighted by Crippen LogP contribution is 2.27. The molecule has 0 fully saturated rings. The zero-order valence-electron chi connectivity index (χ0n) is 11.6. The van der Waals surface area contributed by atoms with Crippen molar-refractivity contribution in [1.29, 1.82) is 0 Å². The summed E-state index contributed by atoms with van der Waals surface area (Å²) in [6.45, 7) is 0. The molecule has 0 spiro atoms. The smallest absolute Gasteiger partial charge is 0.255 e. The first-order chi connectivity index (χ1) is 10.0. The SMILES string of the molecule is COc1cc(OC)cc(C(=O)Nc2cc(N)ccc2Br)c1. The van der Waals surface area contributed by atoms with Gasteiger partial charge in [0, 0.05) is 21.8 Å². The molecule has 21 heavy (non-hydrogen) atoms. The molecule has 0 aliphatic rings. The molecule has 0 heterocycles. The normalized spacial score (nSPS) is 10.0. The Hall–Kier alpha value is -2.21. The number of amides is 1. The number of hydrogen-bond donors (Lipinski definition) is 2. The van der Waals surface area contributed by atoms with Gasteiger partial charge in [0.25, 0.3) is 5.91 Å². The number of hydrogen-bond acceptors (Lipinski definition) is 4. The van der Waals surface area contributed by atoms with Crippen LogP contribution in [0.1, 0.15) is 10.4 Å². The van der Waals surface area contributed by atoms with E-state index >= 15 is 0 Å². The van der Waals surface area contributed by atoms with Crippen LogP contribution in [-0.2, 0) is 0 Å². The number of nitrogens with one attached hydrogen (secondary N) is 1. The third kappa shape index (κ3) is 3.66. The minimum Gasteiger partial charge on any atom is -0.497 e. The lowest BCUT2D eigenvalue weighted by Gasteiger charge is -2.11. The van der Waals surface area contributed by atoms with Crippen molar-refractivity contribution in [3.8, 4) is 11.5 Å². The van der Waals surface area contributed by atoms with Gasteiger partial charge in [0.2, 0.25) is 0 Å². The molecule has 0 saturated heterocycles. The molecule has 0 radical (unpaired) electrons. The molecule has 0 unspecified atom stereocenters. The highest BCUT2D eigenvalue weighted by Gasteiger charge is 2.12. The number of carbonyl (C=O) groups is 1. The molecule has 110 valence electrons. The van der Waals surface area contributed by atoms with Gasteiger partial charge in [0.15, 0.2) is 0 Å². The Morgan fingerprint density at radius 2 is 1.71 bits per heavy atom. The summed E-state index contributed by atoms with van der Waals surface area (Å²) >= 11 is 3.37. The van der Waals surface area contributed by atoms with Gasteiger partial charge in [-0.05, 0) is 46.3 Å². The van der Waals surface area contributed by atoms with E-state index in [0.29, 0.717) is 28.4 Å². The van der Waals surface area contributed by atoms with Crippen molar-refractivity contribution >= 4 is 33.2 Å². The van der Waals surface area contributed by atoms with E-state index in [0.717, 1.165) is 4.47 Å². The number of anilines is 2. The van der Waals surface area contributed by atoms with Crippen LogP contribution in [-0.4, -0.2) is 20.1 Å². The van der Waals surface area contributed by atoms with Gasteiger partial charge in [0.1, 0.15) is 11.5 Å². The Morgan fingerprint density at radius 1 is 1.10 bits per heavy atom. The molecule has 0 aliphatic carbocycles. The number of carbonyl (C=O) groups excluding carboxylic acids is 1. The van der Waals surface area contributed by atoms with E-state index in [2.05, 4.69) is 21.2 Å². The van der Waals surface area contributed by atoms with E-state index in [4.69, 9.17) is 15.2 Å². The van der Waals surface area contributed by atoms with Crippen molar-refractivity contribution in [2.24, 2.45) is 0 Å². The second kappa shape index (κ2) is 6.49. The lowest BCUT2D eigenvalue weighted by molar-refractivity contribution is 0.102. The first kappa shape index (κ1) is 15.2. The molecule has 0 aliphatic heterocycles. The van der Waals surface area contributed by atoms with Gasteiger partial charge in [-0.2, -0.15) is 0 Å². The van der Waals surface area contributed by atoms with Crippen molar-refractivity contribution in [2.75, 3.05) is 25.3 Å². The van der Waals surface area contributed by atoms with E-state index in [1.807, 2.05) is 0 Å². The van der Waals surface area contributed by atoms with Crippen LogP contribution in [0.25, 0.3) is 0 Å². The van der Waals surface area contributed by atoms with Crippen molar-refractivity contribution in [3.05, 3.63) is 46.4 Å². The first-order valence-corrected chi connectivity index (χ1v) is 6.92. The topological polar surface area (TPSA) is 73.6 Å². The Kier molecular flexibility index (Phi) is 4.70. The second-order valence-electron chi connectivity index (χ2n) is 4.29. The van der Waals surface area contributed by atoms with Crippen LogP contribution in [0.15, 0.2) is 40.9 Å². The Bertz CT molecular complexity index is 652. The van der Waals surface area contributed by atoms with Gasteiger partial charge in [-0.25, -0.2) is 0 Å². The fraction of sp³-hybridized carbons (Fsp3) is 0.133. The molecular formula is C15H15BrN2O3.